The largest absolute Gasteiger partial charge is 0.492 e. The van der Waals surface area contributed by atoms with Crippen LogP contribution in [-0.4, -0.2) is 25.1 Å². The van der Waals surface area contributed by atoms with Gasteiger partial charge in [-0.25, -0.2) is 0 Å². The number of fused-ring (bicyclic) bond motifs is 1. The number of hydrogen-bond donors (Lipinski definition) is 1. The van der Waals surface area contributed by atoms with Gasteiger partial charge in [0.15, 0.2) is 0 Å². The number of amides is 1. The molecular formula is C19H22N2O2. The molecule has 0 saturated carbocycles. The minimum Gasteiger partial charge on any atom is -0.492 e. The minimum atomic E-state index is 0.0775. The standard InChI is InChI=1S/C19H22N2O2/c1-3-23-18-11-7-5-9-16(18)20-13-19(22)21-14(2)12-15-8-4-6-10-17(15)21/h4-11,14,20H,3,12-13H2,1-2H3. The molecule has 2 aromatic carbocycles. The van der Waals surface area contributed by atoms with E-state index in [4.69, 9.17) is 4.74 Å². The second-order valence-corrected chi connectivity index (χ2v) is 5.73. The summed E-state index contributed by atoms with van der Waals surface area (Å²) in [6, 6.07) is 16.0. The van der Waals surface area contributed by atoms with Crippen molar-refractivity contribution in [3.05, 3.63) is 54.1 Å². The first-order chi connectivity index (χ1) is 11.2. The summed E-state index contributed by atoms with van der Waals surface area (Å²) in [4.78, 5) is 14.6. The Kier molecular flexibility index (Phi) is 4.51. The normalized spacial score (nSPS) is 16.1. The van der Waals surface area contributed by atoms with Crippen LogP contribution in [0.4, 0.5) is 11.4 Å². The number of benzene rings is 2. The SMILES string of the molecule is CCOc1ccccc1NCC(=O)N1c2ccccc2CC1C. The fourth-order valence-electron chi connectivity index (χ4n) is 3.10. The molecule has 4 heteroatoms. The molecule has 120 valence electrons. The number of rotatable bonds is 5. The topological polar surface area (TPSA) is 41.6 Å². The third kappa shape index (κ3) is 3.16. The second kappa shape index (κ2) is 6.73. The van der Waals surface area contributed by atoms with Crippen LogP contribution in [0.5, 0.6) is 5.75 Å². The summed E-state index contributed by atoms with van der Waals surface area (Å²) in [6.07, 6.45) is 0.914. The van der Waals surface area contributed by atoms with E-state index in [1.54, 1.807) is 0 Å². The van der Waals surface area contributed by atoms with Gasteiger partial charge in [0.05, 0.1) is 18.8 Å². The number of carbonyl (C=O) groups is 1. The molecule has 4 nitrogen and oxygen atoms in total. The molecule has 1 aliphatic rings. The summed E-state index contributed by atoms with van der Waals surface area (Å²) >= 11 is 0. The summed E-state index contributed by atoms with van der Waals surface area (Å²) in [5.74, 6) is 0.853. The van der Waals surface area contributed by atoms with E-state index >= 15 is 0 Å². The van der Waals surface area contributed by atoms with Crippen molar-refractivity contribution in [1.82, 2.24) is 0 Å². The van der Waals surface area contributed by atoms with Gasteiger partial charge in [-0.2, -0.15) is 0 Å². The van der Waals surface area contributed by atoms with Gasteiger partial charge < -0.3 is 15.0 Å². The molecule has 1 aliphatic heterocycles. The maximum atomic E-state index is 12.7. The van der Waals surface area contributed by atoms with Crippen LogP contribution in [-0.2, 0) is 11.2 Å². The molecule has 0 fully saturated rings. The van der Waals surface area contributed by atoms with Crippen molar-refractivity contribution in [2.24, 2.45) is 0 Å². The van der Waals surface area contributed by atoms with E-state index in [0.29, 0.717) is 6.61 Å². The van der Waals surface area contributed by atoms with Crippen LogP contribution < -0.4 is 15.0 Å². The second-order valence-electron chi connectivity index (χ2n) is 5.73. The Morgan fingerprint density at radius 3 is 2.78 bits per heavy atom. The van der Waals surface area contributed by atoms with Gasteiger partial charge in [0.25, 0.3) is 0 Å². The molecule has 0 radical (unpaired) electrons. The van der Waals surface area contributed by atoms with Crippen LogP contribution >= 0.6 is 0 Å². The predicted octanol–water partition coefficient (Wildman–Crippen LogP) is 3.48. The number of hydrogen-bond acceptors (Lipinski definition) is 3. The summed E-state index contributed by atoms with van der Waals surface area (Å²) in [5.41, 5.74) is 3.12. The first-order valence-electron chi connectivity index (χ1n) is 8.06. The highest BCUT2D eigenvalue weighted by Crippen LogP contribution is 2.32. The molecule has 23 heavy (non-hydrogen) atoms. The zero-order chi connectivity index (χ0) is 16.2. The van der Waals surface area contributed by atoms with Crippen LogP contribution in [0.15, 0.2) is 48.5 Å². The van der Waals surface area contributed by atoms with Gasteiger partial charge in [-0.3, -0.25) is 4.79 Å². The lowest BCUT2D eigenvalue weighted by molar-refractivity contribution is -0.117. The van der Waals surface area contributed by atoms with E-state index in [-0.39, 0.29) is 18.5 Å². The Morgan fingerprint density at radius 1 is 1.22 bits per heavy atom. The maximum Gasteiger partial charge on any atom is 0.246 e. The third-order valence-corrected chi connectivity index (χ3v) is 4.09. The molecule has 1 N–H and O–H groups in total. The van der Waals surface area contributed by atoms with Crippen LogP contribution in [0.25, 0.3) is 0 Å². The summed E-state index contributed by atoms with van der Waals surface area (Å²) in [6.45, 7) is 4.89. The minimum absolute atomic E-state index is 0.0775. The van der Waals surface area contributed by atoms with Gasteiger partial charge in [0.1, 0.15) is 5.75 Å². The Bertz CT molecular complexity index is 699. The monoisotopic (exact) mass is 310 g/mol. The molecule has 0 aromatic heterocycles. The van der Waals surface area contributed by atoms with Gasteiger partial charge in [0, 0.05) is 11.7 Å². The van der Waals surface area contributed by atoms with Crippen molar-refractivity contribution in [3.8, 4) is 5.75 Å². The Balaban J connectivity index is 1.71. The molecule has 1 heterocycles. The molecule has 0 bridgehead atoms. The first-order valence-corrected chi connectivity index (χ1v) is 8.06. The Morgan fingerprint density at radius 2 is 1.96 bits per heavy atom. The fourth-order valence-corrected chi connectivity index (χ4v) is 3.10. The lowest BCUT2D eigenvalue weighted by Gasteiger charge is -2.23. The maximum absolute atomic E-state index is 12.7. The van der Waals surface area contributed by atoms with E-state index in [2.05, 4.69) is 18.3 Å². The molecule has 2 aromatic rings. The number of nitrogens with zero attached hydrogens (tertiary/aromatic N) is 1. The molecule has 0 aliphatic carbocycles. The van der Waals surface area contributed by atoms with Gasteiger partial charge in [0.2, 0.25) is 5.91 Å². The van der Waals surface area contributed by atoms with Gasteiger partial charge in [-0.05, 0) is 44.0 Å². The van der Waals surface area contributed by atoms with Crippen molar-refractivity contribution in [2.45, 2.75) is 26.3 Å². The number of carbonyl (C=O) groups excluding carboxylic acids is 1. The molecular weight excluding hydrogens is 288 g/mol. The predicted molar refractivity (Wildman–Crippen MR) is 93.2 cm³/mol. The zero-order valence-electron chi connectivity index (χ0n) is 13.6. The van der Waals surface area contributed by atoms with Crippen molar-refractivity contribution in [3.63, 3.8) is 0 Å². The van der Waals surface area contributed by atoms with Gasteiger partial charge >= 0.3 is 0 Å². The Hall–Kier alpha value is -2.49. The van der Waals surface area contributed by atoms with Crippen molar-refractivity contribution >= 4 is 17.3 Å². The molecule has 3 rings (SSSR count). The molecule has 1 atom stereocenters. The Labute approximate surface area is 137 Å². The van der Waals surface area contributed by atoms with Crippen molar-refractivity contribution < 1.29 is 9.53 Å². The first kappa shape index (κ1) is 15.4. The average Bonchev–Trinajstić information content (AvgIpc) is 2.90. The summed E-state index contributed by atoms with van der Waals surface area (Å²) in [5, 5.41) is 3.21. The molecule has 1 unspecified atom stereocenters. The van der Waals surface area contributed by atoms with Crippen LogP contribution in [0, 0.1) is 0 Å². The van der Waals surface area contributed by atoms with Crippen molar-refractivity contribution in [1.29, 1.82) is 0 Å². The average molecular weight is 310 g/mol. The van der Waals surface area contributed by atoms with Crippen LogP contribution in [0.2, 0.25) is 0 Å². The lowest BCUT2D eigenvalue weighted by atomic mass is 10.1. The summed E-state index contributed by atoms with van der Waals surface area (Å²) in [7, 11) is 0. The van der Waals surface area contributed by atoms with Gasteiger partial charge in [-0.15, -0.1) is 0 Å². The molecule has 1 amide bonds. The highest BCUT2D eigenvalue weighted by Gasteiger charge is 2.30. The quantitative estimate of drug-likeness (QED) is 0.919. The van der Waals surface area contributed by atoms with E-state index in [1.165, 1.54) is 5.56 Å². The summed E-state index contributed by atoms with van der Waals surface area (Å²) < 4.78 is 5.58. The van der Waals surface area contributed by atoms with Crippen LogP contribution in [0.1, 0.15) is 19.4 Å². The van der Waals surface area contributed by atoms with E-state index < -0.39 is 0 Å². The number of ether oxygens (including phenoxy) is 1. The lowest BCUT2D eigenvalue weighted by Crippen LogP contribution is -2.39. The zero-order valence-corrected chi connectivity index (χ0v) is 13.6. The highest BCUT2D eigenvalue weighted by atomic mass is 16.5. The van der Waals surface area contributed by atoms with E-state index in [1.807, 2.05) is 54.3 Å². The van der Waals surface area contributed by atoms with Crippen molar-refractivity contribution in [2.75, 3.05) is 23.4 Å². The number of para-hydroxylation sites is 3. The third-order valence-electron chi connectivity index (χ3n) is 4.09. The van der Waals surface area contributed by atoms with E-state index in [9.17, 15) is 4.79 Å². The number of anilines is 2. The highest BCUT2D eigenvalue weighted by molar-refractivity contribution is 5.98. The van der Waals surface area contributed by atoms with Gasteiger partial charge in [-0.1, -0.05) is 30.3 Å². The smallest absolute Gasteiger partial charge is 0.246 e. The fraction of sp³-hybridized carbons (Fsp3) is 0.316. The van der Waals surface area contributed by atoms with Crippen LogP contribution in [0.3, 0.4) is 0 Å². The van der Waals surface area contributed by atoms with E-state index in [0.717, 1.165) is 23.5 Å². The number of nitrogens with one attached hydrogen (secondary N) is 1. The molecule has 0 saturated heterocycles. The molecule has 0 spiro atoms.